The molecule has 0 radical (unpaired) electrons. The van der Waals surface area contributed by atoms with E-state index in [0.29, 0.717) is 29.2 Å². The lowest BCUT2D eigenvalue weighted by atomic mass is 9.66. The Hall–Kier alpha value is -1.77. The molecule has 1 aliphatic carbocycles. The van der Waals surface area contributed by atoms with E-state index in [1.807, 2.05) is 12.1 Å². The van der Waals surface area contributed by atoms with Crippen molar-refractivity contribution in [3.63, 3.8) is 0 Å². The lowest BCUT2D eigenvalue weighted by molar-refractivity contribution is -0.0825. The predicted molar refractivity (Wildman–Crippen MR) is 93.0 cm³/mol. The number of rotatable bonds is 4. The number of nitrogens with zero attached hydrogens (tertiary/aromatic N) is 5. The first-order chi connectivity index (χ1) is 11.9. The summed E-state index contributed by atoms with van der Waals surface area (Å²) in [5.74, 6) is 1.64. The number of aromatic nitrogens is 4. The van der Waals surface area contributed by atoms with Gasteiger partial charge in [0, 0.05) is 18.0 Å². The number of hydrogen-bond acceptors (Lipinski definition) is 7. The van der Waals surface area contributed by atoms with Crippen LogP contribution in [0.2, 0.25) is 0 Å². The first-order valence-electron chi connectivity index (χ1n) is 8.90. The summed E-state index contributed by atoms with van der Waals surface area (Å²) in [5, 5.41) is 35.7. The smallest absolute Gasteiger partial charge is 0.180 e. The number of aliphatic hydroxyl groups is 2. The zero-order valence-corrected chi connectivity index (χ0v) is 14.9. The molecule has 4 rings (SSSR count). The highest BCUT2D eigenvalue weighted by Gasteiger charge is 2.58. The third-order valence-electron chi connectivity index (χ3n) is 5.81. The maximum Gasteiger partial charge on any atom is 0.180 e. The van der Waals surface area contributed by atoms with Gasteiger partial charge in [-0.15, -0.1) is 15.3 Å². The second-order valence-corrected chi connectivity index (χ2v) is 7.96. The molecule has 2 aromatic heterocycles. The largest absolute Gasteiger partial charge is 0.391 e. The van der Waals surface area contributed by atoms with Crippen molar-refractivity contribution in [1.82, 2.24) is 24.7 Å². The van der Waals surface area contributed by atoms with Gasteiger partial charge in [0.2, 0.25) is 0 Å². The molecule has 3 N–H and O–H groups in total. The number of aliphatic hydroxyl groups excluding tert-OH is 2. The van der Waals surface area contributed by atoms with Gasteiger partial charge < -0.3 is 20.4 Å². The Morgan fingerprint density at radius 1 is 1.32 bits per heavy atom. The summed E-state index contributed by atoms with van der Waals surface area (Å²) in [6.45, 7) is 5.34. The Morgan fingerprint density at radius 2 is 2.12 bits per heavy atom. The van der Waals surface area contributed by atoms with E-state index < -0.39 is 0 Å². The van der Waals surface area contributed by atoms with E-state index in [9.17, 15) is 10.2 Å². The van der Waals surface area contributed by atoms with E-state index in [0.717, 1.165) is 19.4 Å². The average Bonchev–Trinajstić information content (AvgIpc) is 3.08. The summed E-state index contributed by atoms with van der Waals surface area (Å²) >= 11 is 0. The summed E-state index contributed by atoms with van der Waals surface area (Å²) in [5.41, 5.74) is 0.787. The minimum Gasteiger partial charge on any atom is -0.391 e. The molecule has 0 amide bonds. The third kappa shape index (κ3) is 2.59. The maximum atomic E-state index is 10.6. The van der Waals surface area contributed by atoms with Crippen molar-refractivity contribution in [2.75, 3.05) is 18.9 Å². The second-order valence-electron chi connectivity index (χ2n) is 7.96. The van der Waals surface area contributed by atoms with Crippen LogP contribution in [0, 0.1) is 11.3 Å². The van der Waals surface area contributed by atoms with Crippen LogP contribution in [0.25, 0.3) is 5.65 Å². The van der Waals surface area contributed by atoms with Crippen molar-refractivity contribution >= 4 is 11.5 Å². The Bertz CT molecular complexity index is 773. The van der Waals surface area contributed by atoms with Crippen molar-refractivity contribution < 1.29 is 10.2 Å². The van der Waals surface area contributed by atoms with Gasteiger partial charge in [0.1, 0.15) is 12.4 Å². The fourth-order valence-corrected chi connectivity index (χ4v) is 5.19. The van der Waals surface area contributed by atoms with Crippen LogP contribution in [-0.4, -0.2) is 66.7 Å². The molecule has 8 nitrogen and oxygen atoms in total. The molecular formula is C17H26N6O2. The average molecular weight is 346 g/mol. The highest BCUT2D eigenvalue weighted by molar-refractivity contribution is 5.45. The van der Waals surface area contributed by atoms with Gasteiger partial charge in [-0.3, -0.25) is 0 Å². The molecule has 1 spiro atoms. The van der Waals surface area contributed by atoms with Gasteiger partial charge in [-0.25, -0.2) is 0 Å². The molecule has 136 valence electrons. The molecule has 2 unspecified atom stereocenters. The monoisotopic (exact) mass is 346 g/mol. The molecule has 1 saturated heterocycles. The predicted octanol–water partition coefficient (Wildman–Crippen LogP) is 0.508. The van der Waals surface area contributed by atoms with Crippen LogP contribution in [0.4, 0.5) is 5.82 Å². The lowest BCUT2D eigenvalue weighted by Gasteiger charge is -2.57. The molecule has 3 heterocycles. The molecule has 2 aliphatic rings. The van der Waals surface area contributed by atoms with Gasteiger partial charge in [-0.1, -0.05) is 13.8 Å². The van der Waals surface area contributed by atoms with Crippen LogP contribution >= 0.6 is 0 Å². The van der Waals surface area contributed by atoms with Crippen LogP contribution in [0.1, 0.15) is 32.5 Å². The number of fused-ring (bicyclic) bond motifs is 1. The van der Waals surface area contributed by atoms with E-state index in [-0.39, 0.29) is 24.2 Å². The standard InChI is InChI=1S/C17H26N6O2/c1-10(2)16-17(9-22(16)3)6-11(12(25)7-17)18-13-4-5-14-19-20-15(8-24)23(14)21-13/h4-5,10-12,16,24-25H,6-9H2,1-3H3,(H,18,21)/t11-,12-,16?,17?/m1/s1. The van der Waals surface area contributed by atoms with Crippen LogP contribution in [0.15, 0.2) is 12.1 Å². The van der Waals surface area contributed by atoms with Gasteiger partial charge in [-0.2, -0.15) is 4.52 Å². The molecule has 2 fully saturated rings. The summed E-state index contributed by atoms with van der Waals surface area (Å²) in [6.07, 6.45) is 1.38. The lowest BCUT2D eigenvalue weighted by Crippen LogP contribution is -2.64. The highest BCUT2D eigenvalue weighted by atomic mass is 16.3. The van der Waals surface area contributed by atoms with Gasteiger partial charge >= 0.3 is 0 Å². The number of nitrogens with one attached hydrogen (secondary N) is 1. The van der Waals surface area contributed by atoms with Crippen molar-refractivity contribution in [3.8, 4) is 0 Å². The summed E-state index contributed by atoms with van der Waals surface area (Å²) in [6, 6.07) is 4.15. The Balaban J connectivity index is 1.53. The molecule has 1 saturated carbocycles. The van der Waals surface area contributed by atoms with Crippen LogP contribution in [0.3, 0.4) is 0 Å². The van der Waals surface area contributed by atoms with Gasteiger partial charge in [0.15, 0.2) is 11.5 Å². The van der Waals surface area contributed by atoms with E-state index in [1.54, 1.807) is 0 Å². The fourth-order valence-electron chi connectivity index (χ4n) is 5.19. The Morgan fingerprint density at radius 3 is 2.80 bits per heavy atom. The molecule has 0 bridgehead atoms. The molecular weight excluding hydrogens is 320 g/mol. The van der Waals surface area contributed by atoms with Gasteiger partial charge in [0.05, 0.1) is 12.1 Å². The summed E-state index contributed by atoms with van der Waals surface area (Å²) in [4.78, 5) is 2.40. The normalized spacial score (nSPS) is 32.6. The number of anilines is 1. The minimum atomic E-state index is -0.384. The fraction of sp³-hybridized carbons (Fsp3) is 0.706. The van der Waals surface area contributed by atoms with E-state index in [2.05, 4.69) is 46.4 Å². The first-order valence-corrected chi connectivity index (χ1v) is 8.90. The van der Waals surface area contributed by atoms with Crippen LogP contribution in [0.5, 0.6) is 0 Å². The van der Waals surface area contributed by atoms with Gasteiger partial charge in [-0.05, 0) is 37.9 Å². The first kappa shape index (κ1) is 16.7. The van der Waals surface area contributed by atoms with Crippen molar-refractivity contribution in [2.45, 2.75) is 51.5 Å². The Kier molecular flexibility index (Phi) is 3.93. The Labute approximate surface area is 146 Å². The topological polar surface area (TPSA) is 98.8 Å². The third-order valence-corrected chi connectivity index (χ3v) is 5.81. The SMILES string of the molecule is CC(C)C1N(C)CC12C[C@@H](O)[C@H](Nc1ccc3nnc(CO)n3n1)C2. The molecule has 4 atom stereocenters. The van der Waals surface area contributed by atoms with E-state index in [4.69, 9.17) is 0 Å². The zero-order valence-electron chi connectivity index (χ0n) is 14.9. The van der Waals surface area contributed by atoms with E-state index in [1.165, 1.54) is 4.52 Å². The quantitative estimate of drug-likeness (QED) is 0.742. The highest BCUT2D eigenvalue weighted by Crippen LogP contribution is 2.52. The molecule has 1 aliphatic heterocycles. The number of likely N-dealkylation sites (tertiary alicyclic amines) is 1. The van der Waals surface area contributed by atoms with Crippen molar-refractivity contribution in [1.29, 1.82) is 0 Å². The molecule has 0 aromatic carbocycles. The number of hydrogen-bond donors (Lipinski definition) is 3. The molecule has 25 heavy (non-hydrogen) atoms. The minimum absolute atomic E-state index is 0.0195. The second kappa shape index (κ2) is 5.89. The maximum absolute atomic E-state index is 10.6. The summed E-state index contributed by atoms with van der Waals surface area (Å²) in [7, 11) is 2.17. The van der Waals surface area contributed by atoms with Crippen molar-refractivity contribution in [3.05, 3.63) is 18.0 Å². The molecule has 8 heteroatoms. The zero-order chi connectivity index (χ0) is 17.8. The molecule has 2 aromatic rings. The summed E-state index contributed by atoms with van der Waals surface area (Å²) < 4.78 is 1.54. The van der Waals surface area contributed by atoms with Crippen LogP contribution < -0.4 is 5.32 Å². The van der Waals surface area contributed by atoms with Crippen LogP contribution in [-0.2, 0) is 6.61 Å². The van der Waals surface area contributed by atoms with Gasteiger partial charge in [0.25, 0.3) is 0 Å². The van der Waals surface area contributed by atoms with Crippen molar-refractivity contribution in [2.24, 2.45) is 11.3 Å². The van der Waals surface area contributed by atoms with E-state index >= 15 is 0 Å².